The van der Waals surface area contributed by atoms with Crippen molar-refractivity contribution in [2.75, 3.05) is 0 Å². The molecule has 17 heavy (non-hydrogen) atoms. The standard InChI is InChI=1S/C13H16BrN3/c1-13(2,10-3-5-11(14)6-4-10)15-9-12-7-8-16-17-12/h3-8,15H,9H2,1-2H3,(H,16,17). The fraction of sp³-hybridized carbons (Fsp3) is 0.308. The van der Waals surface area contributed by atoms with Crippen LogP contribution in [0.4, 0.5) is 0 Å². The second-order valence-electron chi connectivity index (χ2n) is 4.57. The summed E-state index contributed by atoms with van der Waals surface area (Å²) in [5, 5.41) is 10.4. The summed E-state index contributed by atoms with van der Waals surface area (Å²) in [4.78, 5) is 0. The van der Waals surface area contributed by atoms with E-state index in [-0.39, 0.29) is 5.54 Å². The molecule has 0 aliphatic carbocycles. The quantitative estimate of drug-likeness (QED) is 0.909. The molecule has 0 radical (unpaired) electrons. The van der Waals surface area contributed by atoms with Crippen LogP contribution in [0.5, 0.6) is 0 Å². The molecule has 0 unspecified atom stereocenters. The van der Waals surface area contributed by atoms with Gasteiger partial charge in [-0.3, -0.25) is 5.10 Å². The van der Waals surface area contributed by atoms with Crippen LogP contribution in [0, 0.1) is 0 Å². The fourth-order valence-electron chi connectivity index (χ4n) is 1.67. The molecular weight excluding hydrogens is 278 g/mol. The summed E-state index contributed by atoms with van der Waals surface area (Å²) in [6.45, 7) is 5.13. The van der Waals surface area contributed by atoms with Gasteiger partial charge in [-0.05, 0) is 37.6 Å². The van der Waals surface area contributed by atoms with E-state index in [1.807, 2.05) is 6.07 Å². The second kappa shape index (κ2) is 5.02. The van der Waals surface area contributed by atoms with Crippen LogP contribution >= 0.6 is 15.9 Å². The van der Waals surface area contributed by atoms with Gasteiger partial charge in [-0.1, -0.05) is 28.1 Å². The van der Waals surface area contributed by atoms with Gasteiger partial charge in [0.25, 0.3) is 0 Å². The number of hydrogen-bond acceptors (Lipinski definition) is 2. The van der Waals surface area contributed by atoms with Crippen LogP contribution in [0.15, 0.2) is 41.0 Å². The lowest BCUT2D eigenvalue weighted by Gasteiger charge is -2.26. The Morgan fingerprint density at radius 3 is 2.53 bits per heavy atom. The Hall–Kier alpha value is -1.13. The van der Waals surface area contributed by atoms with Crippen LogP contribution in [0.3, 0.4) is 0 Å². The van der Waals surface area contributed by atoms with Gasteiger partial charge in [0.2, 0.25) is 0 Å². The van der Waals surface area contributed by atoms with Crippen LogP contribution in [0.2, 0.25) is 0 Å². The molecule has 4 heteroatoms. The highest BCUT2D eigenvalue weighted by Crippen LogP contribution is 2.22. The number of nitrogens with one attached hydrogen (secondary N) is 2. The summed E-state index contributed by atoms with van der Waals surface area (Å²) in [5.74, 6) is 0. The molecule has 0 aliphatic rings. The van der Waals surface area contributed by atoms with Crippen LogP contribution in [0.1, 0.15) is 25.1 Å². The fourth-order valence-corrected chi connectivity index (χ4v) is 1.93. The van der Waals surface area contributed by atoms with Crippen molar-refractivity contribution in [2.45, 2.75) is 25.9 Å². The van der Waals surface area contributed by atoms with Crippen molar-refractivity contribution >= 4 is 15.9 Å². The summed E-state index contributed by atoms with van der Waals surface area (Å²) in [7, 11) is 0. The Labute approximate surface area is 110 Å². The first kappa shape index (κ1) is 12.3. The highest BCUT2D eigenvalue weighted by atomic mass is 79.9. The van der Waals surface area contributed by atoms with Crippen molar-refractivity contribution in [2.24, 2.45) is 0 Å². The van der Waals surface area contributed by atoms with Crippen LogP contribution in [-0.2, 0) is 12.1 Å². The highest BCUT2D eigenvalue weighted by molar-refractivity contribution is 9.10. The number of aromatic nitrogens is 2. The molecule has 90 valence electrons. The van der Waals surface area contributed by atoms with Crippen LogP contribution < -0.4 is 5.32 Å². The van der Waals surface area contributed by atoms with Gasteiger partial charge in [-0.2, -0.15) is 5.10 Å². The number of benzene rings is 1. The SMILES string of the molecule is CC(C)(NCc1ccn[nH]1)c1ccc(Br)cc1. The van der Waals surface area contributed by atoms with E-state index >= 15 is 0 Å². The zero-order valence-electron chi connectivity index (χ0n) is 10.00. The monoisotopic (exact) mass is 293 g/mol. The molecule has 0 amide bonds. The molecule has 0 saturated heterocycles. The molecule has 0 saturated carbocycles. The van der Waals surface area contributed by atoms with Gasteiger partial charge in [0.05, 0.1) is 0 Å². The van der Waals surface area contributed by atoms with E-state index in [4.69, 9.17) is 0 Å². The van der Waals surface area contributed by atoms with E-state index in [1.165, 1.54) is 5.56 Å². The number of hydrogen-bond donors (Lipinski definition) is 2. The molecule has 0 spiro atoms. The maximum atomic E-state index is 3.94. The number of halogens is 1. The van der Waals surface area contributed by atoms with E-state index in [0.717, 1.165) is 16.7 Å². The lowest BCUT2D eigenvalue weighted by molar-refractivity contribution is 0.398. The molecule has 1 aromatic heterocycles. The van der Waals surface area contributed by atoms with Crippen molar-refractivity contribution in [3.63, 3.8) is 0 Å². The van der Waals surface area contributed by atoms with Crippen molar-refractivity contribution in [3.8, 4) is 0 Å². The van der Waals surface area contributed by atoms with Crippen LogP contribution in [0.25, 0.3) is 0 Å². The van der Waals surface area contributed by atoms with E-state index in [9.17, 15) is 0 Å². The highest BCUT2D eigenvalue weighted by Gasteiger charge is 2.19. The van der Waals surface area contributed by atoms with E-state index in [0.29, 0.717) is 0 Å². The summed E-state index contributed by atoms with van der Waals surface area (Å²) in [5.41, 5.74) is 2.29. The number of aromatic amines is 1. The average Bonchev–Trinajstić information content (AvgIpc) is 2.80. The molecule has 2 N–H and O–H groups in total. The van der Waals surface area contributed by atoms with Crippen molar-refractivity contribution in [1.82, 2.24) is 15.5 Å². The third kappa shape index (κ3) is 3.17. The Kier molecular flexibility index (Phi) is 3.64. The first-order valence-corrected chi connectivity index (χ1v) is 6.36. The van der Waals surface area contributed by atoms with Gasteiger partial charge >= 0.3 is 0 Å². The van der Waals surface area contributed by atoms with Gasteiger partial charge in [-0.15, -0.1) is 0 Å². The van der Waals surface area contributed by atoms with Gasteiger partial charge in [0, 0.05) is 28.4 Å². The predicted molar refractivity (Wildman–Crippen MR) is 72.6 cm³/mol. The Balaban J connectivity index is 2.05. The minimum absolute atomic E-state index is 0.0637. The Morgan fingerprint density at radius 1 is 1.24 bits per heavy atom. The lowest BCUT2D eigenvalue weighted by atomic mass is 9.94. The maximum Gasteiger partial charge on any atom is 0.0490 e. The average molecular weight is 294 g/mol. The van der Waals surface area contributed by atoms with E-state index in [2.05, 4.69) is 69.6 Å². The zero-order chi connectivity index (χ0) is 12.3. The van der Waals surface area contributed by atoms with E-state index < -0.39 is 0 Å². The summed E-state index contributed by atoms with van der Waals surface area (Å²) >= 11 is 3.45. The molecule has 2 aromatic rings. The predicted octanol–water partition coefficient (Wildman–Crippen LogP) is 3.20. The first-order chi connectivity index (χ1) is 8.08. The van der Waals surface area contributed by atoms with Gasteiger partial charge in [0.15, 0.2) is 0 Å². The molecule has 1 aromatic carbocycles. The summed E-state index contributed by atoms with van der Waals surface area (Å²) in [6.07, 6.45) is 1.77. The minimum Gasteiger partial charge on any atom is -0.302 e. The topological polar surface area (TPSA) is 40.7 Å². The number of H-pyrrole nitrogens is 1. The molecule has 3 nitrogen and oxygen atoms in total. The third-order valence-electron chi connectivity index (χ3n) is 2.85. The zero-order valence-corrected chi connectivity index (χ0v) is 11.6. The minimum atomic E-state index is -0.0637. The molecule has 2 rings (SSSR count). The van der Waals surface area contributed by atoms with Crippen molar-refractivity contribution in [1.29, 1.82) is 0 Å². The molecule has 1 heterocycles. The van der Waals surface area contributed by atoms with Gasteiger partial charge < -0.3 is 5.32 Å². The van der Waals surface area contributed by atoms with Crippen molar-refractivity contribution in [3.05, 3.63) is 52.3 Å². The molecule has 0 bridgehead atoms. The third-order valence-corrected chi connectivity index (χ3v) is 3.37. The Morgan fingerprint density at radius 2 is 1.94 bits per heavy atom. The molecule has 0 atom stereocenters. The Bertz CT molecular complexity index is 460. The molecule has 0 fully saturated rings. The number of nitrogens with zero attached hydrogens (tertiary/aromatic N) is 1. The summed E-state index contributed by atoms with van der Waals surface area (Å²) < 4.78 is 1.10. The van der Waals surface area contributed by atoms with E-state index in [1.54, 1.807) is 6.20 Å². The first-order valence-electron chi connectivity index (χ1n) is 5.57. The largest absolute Gasteiger partial charge is 0.302 e. The van der Waals surface area contributed by atoms with Gasteiger partial charge in [0.1, 0.15) is 0 Å². The molecular formula is C13H16BrN3. The van der Waals surface area contributed by atoms with Crippen molar-refractivity contribution < 1.29 is 0 Å². The second-order valence-corrected chi connectivity index (χ2v) is 5.48. The summed E-state index contributed by atoms with van der Waals surface area (Å²) in [6, 6.07) is 10.4. The molecule has 0 aliphatic heterocycles. The lowest BCUT2D eigenvalue weighted by Crippen LogP contribution is -2.36. The van der Waals surface area contributed by atoms with Gasteiger partial charge in [-0.25, -0.2) is 0 Å². The van der Waals surface area contributed by atoms with Crippen LogP contribution in [-0.4, -0.2) is 10.2 Å². The smallest absolute Gasteiger partial charge is 0.0490 e. The number of rotatable bonds is 4. The normalized spacial score (nSPS) is 11.7. The maximum absolute atomic E-state index is 3.94.